The third-order valence-electron chi connectivity index (χ3n) is 4.30. The van der Waals surface area contributed by atoms with Gasteiger partial charge in [0, 0.05) is 11.3 Å². The molecule has 80 valence electrons. The third kappa shape index (κ3) is 0.927. The molecule has 1 aromatic heterocycles. The number of aromatic nitrogens is 2. The maximum absolute atomic E-state index is 4.85. The Morgan fingerprint density at radius 2 is 1.94 bits per heavy atom. The van der Waals surface area contributed by atoms with E-state index in [1.54, 1.807) is 0 Å². The Morgan fingerprint density at radius 3 is 2.75 bits per heavy atom. The summed E-state index contributed by atoms with van der Waals surface area (Å²) in [5.41, 5.74) is 4.99. The zero-order chi connectivity index (χ0) is 10.8. The number of nitrogens with zero attached hydrogens (tertiary/aromatic N) is 2. The number of rotatable bonds is 0. The van der Waals surface area contributed by atoms with Crippen molar-refractivity contribution in [1.82, 2.24) is 9.97 Å². The summed E-state index contributed by atoms with van der Waals surface area (Å²) in [7, 11) is 0. The molecule has 0 aliphatic heterocycles. The molecule has 0 N–H and O–H groups in total. The molecule has 0 amide bonds. The van der Waals surface area contributed by atoms with Gasteiger partial charge in [0.15, 0.2) is 0 Å². The largest absolute Gasteiger partial charge is 0.249 e. The standard InChI is InChI=1S/C14H14N2/c1-14-7-6-9(8-14)12-13(14)16-11-5-3-2-4-10(11)15-12/h2-5,9H,6-8H2,1H3. The second kappa shape index (κ2) is 2.62. The Labute approximate surface area is 94.7 Å². The van der Waals surface area contributed by atoms with Gasteiger partial charge < -0.3 is 0 Å². The highest BCUT2D eigenvalue weighted by molar-refractivity contribution is 5.75. The van der Waals surface area contributed by atoms with E-state index >= 15 is 0 Å². The van der Waals surface area contributed by atoms with E-state index in [9.17, 15) is 0 Å². The van der Waals surface area contributed by atoms with Crippen molar-refractivity contribution < 1.29 is 0 Å². The Bertz CT molecular complexity index is 590. The molecule has 2 bridgehead atoms. The minimum Gasteiger partial charge on any atom is -0.249 e. The van der Waals surface area contributed by atoms with Crippen LogP contribution in [0.2, 0.25) is 0 Å². The summed E-state index contributed by atoms with van der Waals surface area (Å²) in [5.74, 6) is 0.678. The van der Waals surface area contributed by atoms with E-state index in [1.807, 2.05) is 12.1 Å². The minimum atomic E-state index is 0.316. The van der Waals surface area contributed by atoms with Crippen LogP contribution in [0.15, 0.2) is 24.3 Å². The third-order valence-corrected chi connectivity index (χ3v) is 4.30. The average molecular weight is 210 g/mol. The first-order chi connectivity index (χ1) is 7.76. The van der Waals surface area contributed by atoms with E-state index in [2.05, 4.69) is 19.1 Å². The fourth-order valence-corrected chi connectivity index (χ4v) is 3.43. The Kier molecular flexibility index (Phi) is 1.42. The summed E-state index contributed by atoms with van der Waals surface area (Å²) in [6, 6.07) is 8.21. The van der Waals surface area contributed by atoms with Crippen molar-refractivity contribution in [2.75, 3.05) is 0 Å². The van der Waals surface area contributed by atoms with Crippen molar-refractivity contribution in [2.24, 2.45) is 0 Å². The van der Waals surface area contributed by atoms with E-state index in [0.29, 0.717) is 11.3 Å². The van der Waals surface area contributed by atoms with Crippen LogP contribution >= 0.6 is 0 Å². The predicted octanol–water partition coefficient (Wildman–Crippen LogP) is 3.17. The van der Waals surface area contributed by atoms with Crippen molar-refractivity contribution in [1.29, 1.82) is 0 Å². The van der Waals surface area contributed by atoms with Gasteiger partial charge in [-0.1, -0.05) is 19.1 Å². The fourth-order valence-electron chi connectivity index (χ4n) is 3.43. The summed E-state index contributed by atoms with van der Waals surface area (Å²) in [6.45, 7) is 2.35. The van der Waals surface area contributed by atoms with E-state index in [0.717, 1.165) is 11.0 Å². The maximum Gasteiger partial charge on any atom is 0.0890 e. The molecular weight excluding hydrogens is 196 g/mol. The zero-order valence-electron chi connectivity index (χ0n) is 9.40. The molecule has 2 unspecified atom stereocenters. The van der Waals surface area contributed by atoms with Gasteiger partial charge in [-0.25, -0.2) is 9.97 Å². The summed E-state index contributed by atoms with van der Waals surface area (Å²) in [6.07, 6.45) is 3.85. The molecule has 16 heavy (non-hydrogen) atoms. The molecule has 1 aromatic carbocycles. The van der Waals surface area contributed by atoms with Crippen molar-refractivity contribution in [3.8, 4) is 0 Å². The topological polar surface area (TPSA) is 25.8 Å². The molecule has 0 radical (unpaired) electrons. The van der Waals surface area contributed by atoms with Crippen LogP contribution in [0.5, 0.6) is 0 Å². The van der Waals surface area contributed by atoms with Gasteiger partial charge in [-0.2, -0.15) is 0 Å². The van der Waals surface area contributed by atoms with Gasteiger partial charge in [0.25, 0.3) is 0 Å². The maximum atomic E-state index is 4.85. The molecule has 4 rings (SSSR count). The van der Waals surface area contributed by atoms with E-state index in [4.69, 9.17) is 9.97 Å². The number of hydrogen-bond acceptors (Lipinski definition) is 2. The molecule has 1 saturated carbocycles. The summed E-state index contributed by atoms with van der Waals surface area (Å²) >= 11 is 0. The quantitative estimate of drug-likeness (QED) is 0.667. The number of fused-ring (bicyclic) bond motifs is 6. The van der Waals surface area contributed by atoms with Gasteiger partial charge in [0.2, 0.25) is 0 Å². The smallest absolute Gasteiger partial charge is 0.0890 e. The highest BCUT2D eigenvalue weighted by Gasteiger charge is 2.48. The molecule has 2 atom stereocenters. The Morgan fingerprint density at radius 1 is 1.19 bits per heavy atom. The molecule has 1 heterocycles. The lowest BCUT2D eigenvalue weighted by Crippen LogP contribution is -2.18. The molecule has 1 fully saturated rings. The van der Waals surface area contributed by atoms with Gasteiger partial charge in [0.1, 0.15) is 0 Å². The van der Waals surface area contributed by atoms with Crippen molar-refractivity contribution in [3.63, 3.8) is 0 Å². The van der Waals surface area contributed by atoms with Crippen LogP contribution in [0.25, 0.3) is 11.0 Å². The number of benzene rings is 1. The normalized spacial score (nSPS) is 30.9. The lowest BCUT2D eigenvalue weighted by atomic mass is 9.86. The first-order valence-electron chi connectivity index (χ1n) is 6.03. The molecular formula is C14H14N2. The van der Waals surface area contributed by atoms with E-state index in [1.165, 1.54) is 30.7 Å². The van der Waals surface area contributed by atoms with Gasteiger partial charge in [-0.3, -0.25) is 0 Å². The van der Waals surface area contributed by atoms with Gasteiger partial charge in [0.05, 0.1) is 22.4 Å². The van der Waals surface area contributed by atoms with Gasteiger partial charge in [-0.15, -0.1) is 0 Å². The van der Waals surface area contributed by atoms with Crippen LogP contribution < -0.4 is 0 Å². The molecule has 0 spiro atoms. The van der Waals surface area contributed by atoms with Gasteiger partial charge in [-0.05, 0) is 31.4 Å². The summed E-state index contributed by atoms with van der Waals surface area (Å²) in [5, 5.41) is 0. The van der Waals surface area contributed by atoms with Crippen molar-refractivity contribution in [2.45, 2.75) is 37.5 Å². The highest BCUT2D eigenvalue weighted by atomic mass is 14.9. The molecule has 2 nitrogen and oxygen atoms in total. The molecule has 2 aliphatic carbocycles. The van der Waals surface area contributed by atoms with Gasteiger partial charge >= 0.3 is 0 Å². The van der Waals surface area contributed by atoms with Crippen LogP contribution in [0.3, 0.4) is 0 Å². The highest BCUT2D eigenvalue weighted by Crippen LogP contribution is 2.55. The number of para-hydroxylation sites is 2. The lowest BCUT2D eigenvalue weighted by Gasteiger charge is -2.22. The van der Waals surface area contributed by atoms with Crippen molar-refractivity contribution in [3.05, 3.63) is 35.7 Å². The van der Waals surface area contributed by atoms with Crippen LogP contribution in [0.4, 0.5) is 0 Å². The van der Waals surface area contributed by atoms with E-state index < -0.39 is 0 Å². The Balaban J connectivity index is 2.08. The lowest BCUT2D eigenvalue weighted by molar-refractivity contribution is 0.491. The molecule has 2 aliphatic rings. The molecule has 2 aromatic rings. The van der Waals surface area contributed by atoms with Crippen LogP contribution in [-0.4, -0.2) is 9.97 Å². The monoisotopic (exact) mass is 210 g/mol. The van der Waals surface area contributed by atoms with E-state index in [-0.39, 0.29) is 0 Å². The minimum absolute atomic E-state index is 0.316. The summed E-state index contributed by atoms with van der Waals surface area (Å²) < 4.78 is 0. The SMILES string of the molecule is CC12CCC(C1)c1nc3ccccc3nc12. The zero-order valence-corrected chi connectivity index (χ0v) is 9.40. The predicted molar refractivity (Wildman–Crippen MR) is 63.5 cm³/mol. The Hall–Kier alpha value is -1.44. The van der Waals surface area contributed by atoms with Crippen molar-refractivity contribution >= 4 is 11.0 Å². The molecule has 2 heteroatoms. The fraction of sp³-hybridized carbons (Fsp3) is 0.429. The average Bonchev–Trinajstić information content (AvgIpc) is 2.81. The number of hydrogen-bond donors (Lipinski definition) is 0. The van der Waals surface area contributed by atoms with Crippen LogP contribution in [-0.2, 0) is 5.41 Å². The van der Waals surface area contributed by atoms with Crippen LogP contribution in [0.1, 0.15) is 43.5 Å². The second-order valence-corrected chi connectivity index (χ2v) is 5.45. The second-order valence-electron chi connectivity index (χ2n) is 5.45. The first-order valence-corrected chi connectivity index (χ1v) is 6.03. The summed E-state index contributed by atoms with van der Waals surface area (Å²) in [4.78, 5) is 9.67. The molecule has 0 saturated heterocycles. The van der Waals surface area contributed by atoms with Crippen LogP contribution in [0, 0.1) is 0 Å². The first kappa shape index (κ1) is 8.68.